The van der Waals surface area contributed by atoms with Gasteiger partial charge in [0.15, 0.2) is 0 Å². The molecule has 0 spiro atoms. The fourth-order valence-electron chi connectivity index (χ4n) is 1.95. The Bertz CT molecular complexity index is 577. The molecule has 0 N–H and O–H groups in total. The van der Waals surface area contributed by atoms with Gasteiger partial charge in [-0.25, -0.2) is 4.99 Å². The summed E-state index contributed by atoms with van der Waals surface area (Å²) in [6, 6.07) is 18.8. The predicted octanol–water partition coefficient (Wildman–Crippen LogP) is 4.36. The molecule has 0 aliphatic heterocycles. The number of ether oxygens (including phenoxy) is 1. The van der Waals surface area contributed by atoms with Crippen molar-refractivity contribution in [3.8, 4) is 11.1 Å². The van der Waals surface area contributed by atoms with E-state index in [1.54, 1.807) is 0 Å². The van der Waals surface area contributed by atoms with E-state index in [2.05, 4.69) is 70.9 Å². The maximum absolute atomic E-state index is 5.64. The molecule has 0 aliphatic carbocycles. The standard InChI is InChI=1S/C17H17NOS/c20-14-18-10-5-11-19-13-15-6-4-9-17(12-15)16-7-2-1-3-8-16/h1-4,6-9,12H,5,10-11,13H2. The van der Waals surface area contributed by atoms with E-state index in [-0.39, 0.29) is 0 Å². The van der Waals surface area contributed by atoms with Crippen LogP contribution in [0.1, 0.15) is 12.0 Å². The Balaban J connectivity index is 1.88. The normalized spacial score (nSPS) is 10.0. The summed E-state index contributed by atoms with van der Waals surface area (Å²) in [5, 5.41) is 2.35. The number of rotatable bonds is 7. The molecule has 3 heteroatoms. The van der Waals surface area contributed by atoms with E-state index in [0.717, 1.165) is 6.42 Å². The lowest BCUT2D eigenvalue weighted by Gasteiger charge is -2.06. The first kappa shape index (κ1) is 14.6. The zero-order valence-corrected chi connectivity index (χ0v) is 12.1. The lowest BCUT2D eigenvalue weighted by molar-refractivity contribution is 0.120. The highest BCUT2D eigenvalue weighted by Crippen LogP contribution is 2.20. The Morgan fingerprint density at radius 2 is 1.80 bits per heavy atom. The van der Waals surface area contributed by atoms with E-state index in [9.17, 15) is 0 Å². The summed E-state index contributed by atoms with van der Waals surface area (Å²) < 4.78 is 5.64. The van der Waals surface area contributed by atoms with Crippen LogP contribution in [0.5, 0.6) is 0 Å². The minimum Gasteiger partial charge on any atom is -0.377 e. The minimum absolute atomic E-state index is 0.627. The molecule has 0 heterocycles. The van der Waals surface area contributed by atoms with Crippen LogP contribution in [0.3, 0.4) is 0 Å². The predicted molar refractivity (Wildman–Crippen MR) is 86.0 cm³/mol. The van der Waals surface area contributed by atoms with Gasteiger partial charge in [0, 0.05) is 6.61 Å². The number of hydrogen-bond acceptors (Lipinski definition) is 3. The van der Waals surface area contributed by atoms with Crippen molar-refractivity contribution in [1.82, 2.24) is 0 Å². The SMILES string of the molecule is S=C=NCCCOCc1cccc(-c2ccccc2)c1. The van der Waals surface area contributed by atoms with Crippen LogP contribution in [-0.4, -0.2) is 18.3 Å². The zero-order valence-electron chi connectivity index (χ0n) is 11.3. The second-order valence-corrected chi connectivity index (χ2v) is 4.63. The first-order valence-electron chi connectivity index (χ1n) is 6.66. The first-order chi connectivity index (χ1) is 9.90. The molecule has 20 heavy (non-hydrogen) atoms. The molecule has 0 unspecified atom stereocenters. The van der Waals surface area contributed by atoms with Gasteiger partial charge >= 0.3 is 0 Å². The van der Waals surface area contributed by atoms with Crippen molar-refractivity contribution < 1.29 is 4.74 Å². The van der Waals surface area contributed by atoms with Crippen LogP contribution in [0.25, 0.3) is 11.1 Å². The molecule has 2 aromatic rings. The molecule has 0 atom stereocenters. The van der Waals surface area contributed by atoms with Gasteiger partial charge in [-0.15, -0.1) is 0 Å². The summed E-state index contributed by atoms with van der Waals surface area (Å²) in [6.45, 7) is 2.01. The Hall–Kier alpha value is -1.80. The van der Waals surface area contributed by atoms with Gasteiger partial charge in [0.2, 0.25) is 0 Å². The van der Waals surface area contributed by atoms with E-state index in [4.69, 9.17) is 4.74 Å². The van der Waals surface area contributed by atoms with Crippen LogP contribution in [0.4, 0.5) is 0 Å². The minimum atomic E-state index is 0.627. The Labute approximate surface area is 125 Å². The highest BCUT2D eigenvalue weighted by molar-refractivity contribution is 7.78. The van der Waals surface area contributed by atoms with Crippen molar-refractivity contribution in [2.45, 2.75) is 13.0 Å². The molecular formula is C17H17NOS. The van der Waals surface area contributed by atoms with Crippen molar-refractivity contribution in [2.24, 2.45) is 4.99 Å². The highest BCUT2D eigenvalue weighted by atomic mass is 32.1. The monoisotopic (exact) mass is 283 g/mol. The van der Waals surface area contributed by atoms with Gasteiger partial charge in [0.25, 0.3) is 0 Å². The van der Waals surface area contributed by atoms with Crippen LogP contribution in [-0.2, 0) is 11.3 Å². The van der Waals surface area contributed by atoms with Gasteiger partial charge in [-0.05, 0) is 41.4 Å². The summed E-state index contributed by atoms with van der Waals surface area (Å²) in [7, 11) is 0. The fourth-order valence-corrected chi connectivity index (χ4v) is 2.04. The van der Waals surface area contributed by atoms with Gasteiger partial charge in [0.05, 0.1) is 18.3 Å². The van der Waals surface area contributed by atoms with Gasteiger partial charge in [0.1, 0.15) is 0 Å². The number of benzene rings is 2. The van der Waals surface area contributed by atoms with Crippen LogP contribution < -0.4 is 0 Å². The molecule has 0 bridgehead atoms. The molecule has 0 radical (unpaired) electrons. The van der Waals surface area contributed by atoms with Crippen LogP contribution >= 0.6 is 12.2 Å². The second-order valence-electron chi connectivity index (χ2n) is 4.45. The van der Waals surface area contributed by atoms with Crippen LogP contribution in [0.2, 0.25) is 0 Å². The van der Waals surface area contributed by atoms with Crippen molar-refractivity contribution in [3.05, 3.63) is 60.2 Å². The van der Waals surface area contributed by atoms with Gasteiger partial charge in [-0.1, -0.05) is 48.5 Å². The summed E-state index contributed by atoms with van der Waals surface area (Å²) >= 11 is 4.51. The Kier molecular flexibility index (Phi) is 6.12. The van der Waals surface area contributed by atoms with Crippen molar-refractivity contribution in [2.75, 3.05) is 13.2 Å². The number of hydrogen-bond donors (Lipinski definition) is 0. The van der Waals surface area contributed by atoms with E-state index in [1.807, 2.05) is 6.07 Å². The van der Waals surface area contributed by atoms with E-state index in [0.29, 0.717) is 19.8 Å². The van der Waals surface area contributed by atoms with E-state index in [1.165, 1.54) is 16.7 Å². The van der Waals surface area contributed by atoms with Crippen molar-refractivity contribution in [3.63, 3.8) is 0 Å². The van der Waals surface area contributed by atoms with Gasteiger partial charge in [-0.2, -0.15) is 0 Å². The number of aliphatic imine (C=N–C) groups is 1. The number of thiocarbonyl (C=S) groups is 1. The van der Waals surface area contributed by atoms with Crippen molar-refractivity contribution in [1.29, 1.82) is 0 Å². The molecule has 0 aromatic heterocycles. The summed E-state index contributed by atoms with van der Waals surface area (Å²) in [5.74, 6) is 0. The Morgan fingerprint density at radius 3 is 2.60 bits per heavy atom. The average molecular weight is 283 g/mol. The molecule has 102 valence electrons. The van der Waals surface area contributed by atoms with Gasteiger partial charge < -0.3 is 4.74 Å². The third-order valence-corrected chi connectivity index (χ3v) is 3.06. The lowest BCUT2D eigenvalue weighted by Crippen LogP contribution is -1.97. The largest absolute Gasteiger partial charge is 0.377 e. The quantitative estimate of drug-likeness (QED) is 0.428. The third-order valence-electron chi connectivity index (χ3n) is 2.93. The van der Waals surface area contributed by atoms with E-state index >= 15 is 0 Å². The molecule has 0 saturated heterocycles. The average Bonchev–Trinajstić information content (AvgIpc) is 2.52. The zero-order chi connectivity index (χ0) is 14.0. The van der Waals surface area contributed by atoms with Crippen molar-refractivity contribution >= 4 is 17.4 Å². The maximum atomic E-state index is 5.64. The third kappa shape index (κ3) is 4.71. The molecule has 0 aliphatic rings. The topological polar surface area (TPSA) is 21.6 Å². The number of isothiocyanates is 1. The lowest BCUT2D eigenvalue weighted by atomic mass is 10.0. The smallest absolute Gasteiger partial charge is 0.0717 e. The van der Waals surface area contributed by atoms with Gasteiger partial charge in [-0.3, -0.25) is 0 Å². The molecule has 0 saturated carbocycles. The molecule has 2 aromatic carbocycles. The summed E-state index contributed by atoms with van der Waals surface area (Å²) in [6.07, 6.45) is 0.877. The number of nitrogens with zero attached hydrogens (tertiary/aromatic N) is 1. The highest BCUT2D eigenvalue weighted by Gasteiger charge is 1.99. The fraction of sp³-hybridized carbons (Fsp3) is 0.235. The maximum Gasteiger partial charge on any atom is 0.0717 e. The summed E-state index contributed by atoms with van der Waals surface area (Å²) in [5.41, 5.74) is 3.63. The van der Waals surface area contributed by atoms with Crippen LogP contribution in [0, 0.1) is 0 Å². The second kappa shape index (κ2) is 8.39. The first-order valence-corrected chi connectivity index (χ1v) is 7.07. The molecular weight excluding hydrogens is 266 g/mol. The summed E-state index contributed by atoms with van der Waals surface area (Å²) in [4.78, 5) is 3.85. The van der Waals surface area contributed by atoms with Crippen LogP contribution in [0.15, 0.2) is 59.6 Å². The molecule has 0 fully saturated rings. The molecule has 0 amide bonds. The molecule has 2 nitrogen and oxygen atoms in total. The molecule has 2 rings (SSSR count). The Morgan fingerprint density at radius 1 is 1.00 bits per heavy atom. The van der Waals surface area contributed by atoms with E-state index < -0.39 is 0 Å².